The van der Waals surface area contributed by atoms with Gasteiger partial charge < -0.3 is 8.82 Å². The summed E-state index contributed by atoms with van der Waals surface area (Å²) in [4.78, 5) is 15.9. The Hall–Kier alpha value is -9.49. The molecule has 0 N–H and O–H groups in total. The highest BCUT2D eigenvalue weighted by Gasteiger charge is 2.24. The molecule has 0 amide bonds. The van der Waals surface area contributed by atoms with Gasteiger partial charge in [0.05, 0.1) is 16.6 Å². The number of hydrogen-bond donors (Lipinski definition) is 0. The monoisotopic (exact) mass is 946 g/mol. The number of aromatic nitrogens is 4. The molecule has 11 aromatic carbocycles. The fraction of sp³-hybridized carbons (Fsp3) is 0. The van der Waals surface area contributed by atoms with Gasteiger partial charge in [0.15, 0.2) is 17.5 Å². The van der Waals surface area contributed by atoms with Crippen molar-refractivity contribution in [2.24, 2.45) is 0 Å². The first kappa shape index (κ1) is 40.3. The molecule has 0 spiro atoms. The van der Waals surface area contributed by atoms with Crippen LogP contribution in [0.1, 0.15) is 0 Å². The van der Waals surface area contributed by atoms with Crippen LogP contribution in [-0.2, 0) is 0 Å². The largest absolute Gasteiger partial charge is 0.456 e. The molecule has 0 saturated heterocycles. The summed E-state index contributed by atoms with van der Waals surface area (Å²) in [6, 6.07) is 82.6. The van der Waals surface area contributed by atoms with Gasteiger partial charge in [-0.3, -0.25) is 0 Å². The predicted molar refractivity (Wildman–Crippen MR) is 305 cm³/mol. The van der Waals surface area contributed by atoms with Crippen molar-refractivity contribution in [1.29, 1.82) is 0 Å². The predicted octanol–water partition coefficient (Wildman–Crippen LogP) is 18.4. The van der Waals surface area contributed by atoms with Crippen LogP contribution in [0.15, 0.2) is 235 Å². The molecule has 16 aromatic rings. The molecule has 0 aliphatic heterocycles. The summed E-state index contributed by atoms with van der Waals surface area (Å²) >= 11 is 1.89. The van der Waals surface area contributed by atoms with E-state index in [1.807, 2.05) is 29.5 Å². The Balaban J connectivity index is 0.880. The Morgan fingerprint density at radius 1 is 0.329 bits per heavy atom. The Kier molecular flexibility index (Phi) is 8.55. The molecule has 5 heterocycles. The minimum Gasteiger partial charge on any atom is -0.456 e. The summed E-state index contributed by atoms with van der Waals surface area (Å²) in [7, 11) is 0. The van der Waals surface area contributed by atoms with Crippen LogP contribution in [0.5, 0.6) is 0 Å². The number of para-hydroxylation sites is 3. The van der Waals surface area contributed by atoms with Gasteiger partial charge in [0.1, 0.15) is 11.2 Å². The van der Waals surface area contributed by atoms with E-state index >= 15 is 0 Å². The summed E-state index contributed by atoms with van der Waals surface area (Å²) in [6.45, 7) is 0. The standard InChI is InChI=1S/C67H38N4OS/c1-2-18-45-39(14-1)15-12-24-46(45)40-30-32-41(33-31-40)65-68-66(44-34-35-51-50-22-7-10-28-58(50)72-59(51)37-44)70-67(69-65)53-23-4-3-19-47(53)42-16-11-17-43(36-42)54-38-55-49-21-6-9-27-57(49)71-56-26-8-5-20-48(56)52-25-13-29-60-61(52)62(63(55)71)64(54)73-60/h1-38H. The van der Waals surface area contributed by atoms with Gasteiger partial charge in [-0.25, -0.2) is 15.0 Å². The van der Waals surface area contributed by atoms with Gasteiger partial charge in [0.2, 0.25) is 0 Å². The maximum absolute atomic E-state index is 6.40. The molecule has 0 aliphatic carbocycles. The smallest absolute Gasteiger partial charge is 0.164 e. The zero-order valence-electron chi connectivity index (χ0n) is 39.0. The molecule has 73 heavy (non-hydrogen) atoms. The van der Waals surface area contributed by atoms with Gasteiger partial charge >= 0.3 is 0 Å². The highest BCUT2D eigenvalue weighted by atomic mass is 32.1. The van der Waals surface area contributed by atoms with E-state index in [2.05, 4.69) is 217 Å². The Morgan fingerprint density at radius 2 is 0.904 bits per heavy atom. The van der Waals surface area contributed by atoms with Crippen LogP contribution in [0.3, 0.4) is 0 Å². The minimum absolute atomic E-state index is 0.572. The van der Waals surface area contributed by atoms with Crippen LogP contribution in [0, 0.1) is 0 Å². The van der Waals surface area contributed by atoms with Crippen molar-refractivity contribution in [3.05, 3.63) is 231 Å². The van der Waals surface area contributed by atoms with Crippen LogP contribution in [0.2, 0.25) is 0 Å². The number of benzene rings is 11. The molecule has 0 radical (unpaired) electrons. The van der Waals surface area contributed by atoms with E-state index in [0.717, 1.165) is 60.9 Å². The maximum atomic E-state index is 6.40. The average Bonchev–Trinajstić information content (AvgIpc) is 4.12. The lowest BCUT2D eigenvalue weighted by atomic mass is 9.93. The summed E-state index contributed by atoms with van der Waals surface area (Å²) in [5.74, 6) is 1.76. The van der Waals surface area contributed by atoms with Gasteiger partial charge in [-0.15, -0.1) is 11.3 Å². The summed E-state index contributed by atoms with van der Waals surface area (Å²) in [5, 5.41) is 12.3. The van der Waals surface area contributed by atoms with E-state index in [1.54, 1.807) is 0 Å². The normalized spacial score (nSPS) is 12.1. The number of rotatable bonds is 6. The molecule has 5 nitrogen and oxygen atoms in total. The number of furan rings is 1. The maximum Gasteiger partial charge on any atom is 0.164 e. The Bertz CT molecular complexity index is 4920. The number of hydrogen-bond acceptors (Lipinski definition) is 5. The molecule has 0 unspecified atom stereocenters. The second-order valence-electron chi connectivity index (χ2n) is 19.0. The van der Waals surface area contributed by atoms with Crippen LogP contribution >= 0.6 is 11.3 Å². The van der Waals surface area contributed by atoms with E-state index in [0.29, 0.717) is 17.5 Å². The zero-order valence-corrected chi connectivity index (χ0v) is 39.9. The fourth-order valence-electron chi connectivity index (χ4n) is 11.7. The average molecular weight is 947 g/mol. The molecule has 6 heteroatoms. The molecule has 0 aliphatic rings. The topological polar surface area (TPSA) is 56.2 Å². The first-order valence-electron chi connectivity index (χ1n) is 24.7. The second-order valence-corrected chi connectivity index (χ2v) is 20.1. The molecule has 5 aromatic heterocycles. The molecule has 16 rings (SSSR count). The minimum atomic E-state index is 0.572. The van der Waals surface area contributed by atoms with Gasteiger partial charge in [0.25, 0.3) is 0 Å². The second kappa shape index (κ2) is 15.5. The molecule has 0 saturated carbocycles. The Morgan fingerprint density at radius 3 is 1.74 bits per heavy atom. The molecule has 0 bridgehead atoms. The van der Waals surface area contributed by atoms with E-state index in [9.17, 15) is 0 Å². The van der Waals surface area contributed by atoms with Crippen LogP contribution < -0.4 is 0 Å². The van der Waals surface area contributed by atoms with Crippen LogP contribution in [-0.4, -0.2) is 19.4 Å². The fourth-order valence-corrected chi connectivity index (χ4v) is 13.0. The first-order chi connectivity index (χ1) is 36.2. The third-order valence-corrected chi connectivity index (χ3v) is 16.2. The third kappa shape index (κ3) is 6.05. The lowest BCUT2D eigenvalue weighted by Crippen LogP contribution is -2.01. The lowest BCUT2D eigenvalue weighted by molar-refractivity contribution is 0.669. The van der Waals surface area contributed by atoms with Crippen molar-refractivity contribution in [3.63, 3.8) is 0 Å². The van der Waals surface area contributed by atoms with E-state index in [-0.39, 0.29) is 0 Å². The molecule has 0 atom stereocenters. The van der Waals surface area contributed by atoms with E-state index in [1.165, 1.54) is 80.2 Å². The van der Waals surface area contributed by atoms with Gasteiger partial charge in [-0.05, 0) is 92.5 Å². The number of nitrogens with zero attached hydrogens (tertiary/aromatic N) is 4. The van der Waals surface area contributed by atoms with Crippen molar-refractivity contribution in [2.45, 2.75) is 0 Å². The number of fused-ring (bicyclic) bond motifs is 10. The van der Waals surface area contributed by atoms with Crippen LogP contribution in [0.25, 0.3) is 159 Å². The van der Waals surface area contributed by atoms with Gasteiger partial charge in [-0.2, -0.15) is 0 Å². The van der Waals surface area contributed by atoms with Crippen molar-refractivity contribution in [2.75, 3.05) is 0 Å². The SMILES string of the molecule is c1cc(-c2ccccc2-c2nc(-c3ccc(-c4cccc5ccccc45)cc3)nc(-c3ccc4c(c3)oc3ccccc34)n2)cc(-c2cc3c4ccccc4n4c5ccccc5c5cccc6sc2c(c65)c34)c1. The van der Waals surface area contributed by atoms with Crippen molar-refractivity contribution >= 4 is 102 Å². The summed E-state index contributed by atoms with van der Waals surface area (Å²) in [5.41, 5.74) is 14.8. The quantitative estimate of drug-likeness (QED) is 0.167. The highest BCUT2D eigenvalue weighted by molar-refractivity contribution is 7.26. The van der Waals surface area contributed by atoms with Gasteiger partial charge in [0, 0.05) is 69.4 Å². The van der Waals surface area contributed by atoms with Gasteiger partial charge in [-0.1, -0.05) is 182 Å². The number of thiophene rings is 1. The van der Waals surface area contributed by atoms with Crippen molar-refractivity contribution in [1.82, 2.24) is 19.4 Å². The van der Waals surface area contributed by atoms with E-state index in [4.69, 9.17) is 19.4 Å². The van der Waals surface area contributed by atoms with E-state index < -0.39 is 0 Å². The Labute approximate surface area is 421 Å². The third-order valence-electron chi connectivity index (χ3n) is 15.0. The first-order valence-corrected chi connectivity index (χ1v) is 25.5. The molecular weight excluding hydrogens is 909 g/mol. The van der Waals surface area contributed by atoms with Crippen molar-refractivity contribution in [3.8, 4) is 67.5 Å². The molecular formula is C67H38N4OS. The summed E-state index contributed by atoms with van der Waals surface area (Å²) < 4.78 is 11.5. The molecule has 0 fully saturated rings. The lowest BCUT2D eigenvalue weighted by Gasteiger charge is -2.14. The zero-order chi connectivity index (χ0) is 47.7. The molecule has 338 valence electrons. The van der Waals surface area contributed by atoms with Crippen LogP contribution in [0.4, 0.5) is 0 Å². The van der Waals surface area contributed by atoms with Crippen molar-refractivity contribution < 1.29 is 4.42 Å². The summed E-state index contributed by atoms with van der Waals surface area (Å²) in [6.07, 6.45) is 0. The highest BCUT2D eigenvalue weighted by Crippen LogP contribution is 2.50.